The molecule has 138 valence electrons. The average molecular weight is 356 g/mol. The summed E-state index contributed by atoms with van der Waals surface area (Å²) in [6.45, 7) is 7.11. The van der Waals surface area contributed by atoms with Gasteiger partial charge in [0.15, 0.2) is 6.04 Å². The number of benzene rings is 1. The van der Waals surface area contributed by atoms with Gasteiger partial charge < -0.3 is 15.2 Å². The molecule has 0 aliphatic carbocycles. The van der Waals surface area contributed by atoms with Crippen molar-refractivity contribution in [2.45, 2.75) is 45.4 Å². The lowest BCUT2D eigenvalue weighted by Gasteiger charge is -2.29. The zero-order valence-electron chi connectivity index (χ0n) is 15.4. The van der Waals surface area contributed by atoms with Gasteiger partial charge in [-0.1, -0.05) is 24.3 Å². The van der Waals surface area contributed by atoms with Crippen LogP contribution in [0.25, 0.3) is 17.0 Å². The lowest BCUT2D eigenvalue weighted by molar-refractivity contribution is -0.149. The lowest BCUT2D eigenvalue weighted by Crippen LogP contribution is -2.50. The van der Waals surface area contributed by atoms with Crippen molar-refractivity contribution in [1.29, 1.82) is 0 Å². The Morgan fingerprint density at radius 3 is 2.54 bits per heavy atom. The third-order valence-corrected chi connectivity index (χ3v) is 3.60. The highest BCUT2D eigenvalue weighted by Gasteiger charge is 2.29. The molecule has 0 saturated heterocycles. The fourth-order valence-electron chi connectivity index (χ4n) is 2.54. The second-order valence-corrected chi connectivity index (χ2v) is 7.02. The molecule has 1 amide bonds. The largest absolute Gasteiger partial charge is 0.480 e. The van der Waals surface area contributed by atoms with Gasteiger partial charge in [-0.05, 0) is 45.9 Å². The average Bonchev–Trinajstić information content (AvgIpc) is 2.55. The van der Waals surface area contributed by atoms with Crippen LogP contribution in [-0.2, 0) is 14.3 Å². The smallest absolute Gasteiger partial charge is 0.328 e. The highest BCUT2D eigenvalue weighted by atomic mass is 16.5. The van der Waals surface area contributed by atoms with Crippen LogP contribution in [0, 0.1) is 0 Å². The summed E-state index contributed by atoms with van der Waals surface area (Å²) >= 11 is 0. The number of ether oxygens (including phenoxy) is 1. The Labute approximate surface area is 152 Å². The lowest BCUT2D eigenvalue weighted by atomic mass is 10.1. The van der Waals surface area contributed by atoms with E-state index in [9.17, 15) is 14.7 Å². The first-order valence-electron chi connectivity index (χ1n) is 8.41. The zero-order valence-corrected chi connectivity index (χ0v) is 15.4. The molecule has 0 saturated carbocycles. The third-order valence-electron chi connectivity index (χ3n) is 3.60. The predicted molar refractivity (Wildman–Crippen MR) is 101 cm³/mol. The second kappa shape index (κ2) is 8.10. The van der Waals surface area contributed by atoms with E-state index in [4.69, 9.17) is 4.74 Å². The number of rotatable bonds is 6. The van der Waals surface area contributed by atoms with Gasteiger partial charge >= 0.3 is 5.97 Å². The van der Waals surface area contributed by atoms with E-state index >= 15 is 0 Å². The van der Waals surface area contributed by atoms with Gasteiger partial charge in [0.1, 0.15) is 0 Å². The van der Waals surface area contributed by atoms with Crippen molar-refractivity contribution in [2.24, 2.45) is 0 Å². The summed E-state index contributed by atoms with van der Waals surface area (Å²) < 4.78 is 5.64. The van der Waals surface area contributed by atoms with E-state index in [1.165, 1.54) is 6.08 Å². The van der Waals surface area contributed by atoms with Crippen LogP contribution in [0.3, 0.4) is 0 Å². The van der Waals surface area contributed by atoms with Gasteiger partial charge in [0.05, 0.1) is 22.9 Å². The van der Waals surface area contributed by atoms with Crippen LogP contribution in [0.4, 0.5) is 0 Å². The maximum Gasteiger partial charge on any atom is 0.328 e. The molecule has 1 aromatic heterocycles. The van der Waals surface area contributed by atoms with Gasteiger partial charge in [-0.3, -0.25) is 4.79 Å². The van der Waals surface area contributed by atoms with Crippen molar-refractivity contribution < 1.29 is 19.4 Å². The molecule has 0 radical (unpaired) electrons. The monoisotopic (exact) mass is 356 g/mol. The summed E-state index contributed by atoms with van der Waals surface area (Å²) in [4.78, 5) is 28.0. The van der Waals surface area contributed by atoms with Crippen LogP contribution in [-0.4, -0.2) is 39.7 Å². The predicted octanol–water partition coefficient (Wildman–Crippen LogP) is 3.02. The van der Waals surface area contributed by atoms with E-state index in [1.807, 2.05) is 51.1 Å². The number of aromatic nitrogens is 1. The molecule has 0 aliphatic heterocycles. The SMILES string of the molecule is C[C@H](OC(C)(C)C)[C@@H](NC(=O)/C=C/c1ccc2ccccc2n1)C(=O)O. The number of fused-ring (bicyclic) bond motifs is 1. The molecule has 6 heteroatoms. The van der Waals surface area contributed by atoms with Crippen LogP contribution in [0.15, 0.2) is 42.5 Å². The number of nitrogens with zero attached hydrogens (tertiary/aromatic N) is 1. The van der Waals surface area contributed by atoms with Crippen molar-refractivity contribution in [1.82, 2.24) is 10.3 Å². The van der Waals surface area contributed by atoms with Gasteiger partial charge in [-0.2, -0.15) is 0 Å². The van der Waals surface area contributed by atoms with Crippen molar-refractivity contribution in [3.05, 3.63) is 48.2 Å². The van der Waals surface area contributed by atoms with E-state index in [1.54, 1.807) is 19.1 Å². The Morgan fingerprint density at radius 2 is 1.88 bits per heavy atom. The first-order valence-corrected chi connectivity index (χ1v) is 8.41. The number of hydrogen-bond acceptors (Lipinski definition) is 4. The molecular weight excluding hydrogens is 332 g/mol. The quantitative estimate of drug-likeness (QED) is 0.777. The molecule has 0 unspecified atom stereocenters. The molecule has 0 bridgehead atoms. The number of carbonyl (C=O) groups is 2. The number of carboxylic acids is 1. The number of amides is 1. The number of hydrogen-bond donors (Lipinski definition) is 2. The molecular formula is C20H24N2O4. The number of carboxylic acid groups (broad SMARTS) is 1. The maximum atomic E-state index is 12.1. The Morgan fingerprint density at radius 1 is 1.19 bits per heavy atom. The van der Waals surface area contributed by atoms with Gasteiger partial charge in [0.2, 0.25) is 5.91 Å². The maximum absolute atomic E-state index is 12.1. The van der Waals surface area contributed by atoms with Gasteiger partial charge in [0, 0.05) is 11.5 Å². The molecule has 2 N–H and O–H groups in total. The van der Waals surface area contributed by atoms with Gasteiger partial charge in [-0.25, -0.2) is 9.78 Å². The molecule has 0 aliphatic rings. The van der Waals surface area contributed by atoms with Crippen molar-refractivity contribution in [3.8, 4) is 0 Å². The number of nitrogens with one attached hydrogen (secondary N) is 1. The fraction of sp³-hybridized carbons (Fsp3) is 0.350. The minimum Gasteiger partial charge on any atom is -0.480 e. The van der Waals surface area contributed by atoms with E-state index in [-0.39, 0.29) is 0 Å². The Hall–Kier alpha value is -2.73. The molecule has 2 atom stereocenters. The standard InChI is InChI=1S/C20H24N2O4/c1-13(26-20(2,3)4)18(19(24)25)22-17(23)12-11-15-10-9-14-7-5-6-8-16(14)21-15/h5-13,18H,1-4H3,(H,22,23)(H,24,25)/b12-11+/t13-,18+/m0/s1. The summed E-state index contributed by atoms with van der Waals surface area (Å²) in [6, 6.07) is 10.2. The van der Waals surface area contributed by atoms with Crippen molar-refractivity contribution >= 4 is 28.9 Å². The topological polar surface area (TPSA) is 88.5 Å². The second-order valence-electron chi connectivity index (χ2n) is 7.02. The highest BCUT2D eigenvalue weighted by molar-refractivity contribution is 5.94. The molecule has 6 nitrogen and oxygen atoms in total. The van der Waals surface area contributed by atoms with E-state index in [2.05, 4.69) is 10.3 Å². The van der Waals surface area contributed by atoms with Crippen LogP contribution in [0.2, 0.25) is 0 Å². The number of aliphatic carboxylic acids is 1. The van der Waals surface area contributed by atoms with E-state index in [0.29, 0.717) is 5.69 Å². The first kappa shape index (κ1) is 19.6. The molecule has 0 fully saturated rings. The number of carbonyl (C=O) groups excluding carboxylic acids is 1. The Kier molecular flexibility index (Phi) is 6.10. The summed E-state index contributed by atoms with van der Waals surface area (Å²) in [6.07, 6.45) is 2.15. The van der Waals surface area contributed by atoms with Crippen molar-refractivity contribution in [2.75, 3.05) is 0 Å². The normalized spacial score (nSPS) is 14.3. The number of para-hydroxylation sites is 1. The highest BCUT2D eigenvalue weighted by Crippen LogP contribution is 2.14. The molecule has 2 aromatic rings. The Bertz CT molecular complexity index is 824. The third kappa shape index (κ3) is 5.67. The van der Waals surface area contributed by atoms with Gasteiger partial charge in [0.25, 0.3) is 0 Å². The summed E-state index contributed by atoms with van der Waals surface area (Å²) in [5, 5.41) is 12.8. The van der Waals surface area contributed by atoms with Crippen LogP contribution in [0.5, 0.6) is 0 Å². The molecule has 1 aromatic carbocycles. The molecule has 0 spiro atoms. The molecule has 1 heterocycles. The number of pyridine rings is 1. The minimum atomic E-state index is -1.15. The molecule has 26 heavy (non-hydrogen) atoms. The van der Waals surface area contributed by atoms with E-state index < -0.39 is 29.6 Å². The van der Waals surface area contributed by atoms with Gasteiger partial charge in [-0.15, -0.1) is 0 Å². The first-order chi connectivity index (χ1) is 12.2. The fourth-order valence-corrected chi connectivity index (χ4v) is 2.54. The summed E-state index contributed by atoms with van der Waals surface area (Å²) in [7, 11) is 0. The Balaban J connectivity index is 2.06. The molecule has 2 rings (SSSR count). The van der Waals surface area contributed by atoms with Crippen LogP contribution >= 0.6 is 0 Å². The van der Waals surface area contributed by atoms with Crippen molar-refractivity contribution in [3.63, 3.8) is 0 Å². The van der Waals surface area contributed by atoms with Crippen LogP contribution < -0.4 is 5.32 Å². The van der Waals surface area contributed by atoms with Crippen LogP contribution in [0.1, 0.15) is 33.4 Å². The minimum absolute atomic E-state index is 0.511. The zero-order chi connectivity index (χ0) is 19.3. The summed E-state index contributed by atoms with van der Waals surface area (Å²) in [5.41, 5.74) is 0.929. The summed E-state index contributed by atoms with van der Waals surface area (Å²) in [5.74, 6) is -1.66. The van der Waals surface area contributed by atoms with E-state index in [0.717, 1.165) is 10.9 Å².